The molecule has 1 aromatic heterocycles. The fourth-order valence-corrected chi connectivity index (χ4v) is 3.21. The van der Waals surface area contributed by atoms with Gasteiger partial charge in [-0.3, -0.25) is 0 Å². The molecule has 4 rings (SSSR count). The van der Waals surface area contributed by atoms with Crippen molar-refractivity contribution in [3.05, 3.63) is 42.1 Å². The maximum Gasteiger partial charge on any atom is 0.422 e. The van der Waals surface area contributed by atoms with Gasteiger partial charge in [0.1, 0.15) is 5.82 Å². The zero-order valence-electron chi connectivity index (χ0n) is 13.7. The number of hydrogen-bond donors (Lipinski definition) is 2. The number of nitrogens with zero attached hydrogens (tertiary/aromatic N) is 2. The first-order valence-electron chi connectivity index (χ1n) is 8.25. The van der Waals surface area contributed by atoms with Crippen LogP contribution in [0.15, 0.2) is 36.5 Å². The summed E-state index contributed by atoms with van der Waals surface area (Å²) >= 11 is 0. The second-order valence-corrected chi connectivity index (χ2v) is 6.30. The average Bonchev–Trinajstić information content (AvgIpc) is 3.24. The maximum absolute atomic E-state index is 12.2. The lowest BCUT2D eigenvalue weighted by Gasteiger charge is -2.23. The van der Waals surface area contributed by atoms with Crippen LogP contribution in [0.4, 0.5) is 24.7 Å². The molecular formula is C17H17F3N4O2. The van der Waals surface area contributed by atoms with Gasteiger partial charge in [0.25, 0.3) is 0 Å². The summed E-state index contributed by atoms with van der Waals surface area (Å²) in [6.07, 6.45) is -1.71. The van der Waals surface area contributed by atoms with Crippen molar-refractivity contribution < 1.29 is 22.6 Å². The minimum atomic E-state index is -4.43. The van der Waals surface area contributed by atoms with E-state index < -0.39 is 12.8 Å². The second-order valence-electron chi connectivity index (χ2n) is 6.30. The number of rotatable bonds is 5. The van der Waals surface area contributed by atoms with Crippen molar-refractivity contribution in [2.75, 3.05) is 18.5 Å². The van der Waals surface area contributed by atoms with Crippen LogP contribution in [-0.4, -0.2) is 41.4 Å². The molecule has 0 spiro atoms. The van der Waals surface area contributed by atoms with Crippen molar-refractivity contribution in [3.8, 4) is 6.01 Å². The van der Waals surface area contributed by atoms with Gasteiger partial charge in [0, 0.05) is 24.5 Å². The van der Waals surface area contributed by atoms with Crippen molar-refractivity contribution in [1.29, 1.82) is 0 Å². The number of anilines is 2. The lowest BCUT2D eigenvalue weighted by atomic mass is 10.0. The Hall–Kier alpha value is -2.39. The number of morpholine rings is 1. The lowest BCUT2D eigenvalue weighted by molar-refractivity contribution is -0.154. The predicted molar refractivity (Wildman–Crippen MR) is 87.3 cm³/mol. The Morgan fingerprint density at radius 3 is 2.69 bits per heavy atom. The standard InChI is InChI=1S/C17H17F3N4O2/c18-17(19,20)9-25-16-21-6-5-14(24-16)23-11-3-1-10(2-4-11)15-13-7-12(26-15)8-22-13/h1-6,12-13,15,22H,7-9H2,(H,21,23,24)/t12-,13-,15+/m0/s1. The lowest BCUT2D eigenvalue weighted by Crippen LogP contribution is -2.33. The van der Waals surface area contributed by atoms with Gasteiger partial charge in [0.2, 0.25) is 0 Å². The van der Waals surface area contributed by atoms with E-state index in [1.807, 2.05) is 24.3 Å². The number of fused-ring (bicyclic) bond motifs is 2. The van der Waals surface area contributed by atoms with Gasteiger partial charge in [0.15, 0.2) is 6.61 Å². The van der Waals surface area contributed by atoms with Crippen LogP contribution in [0.5, 0.6) is 6.01 Å². The van der Waals surface area contributed by atoms with Gasteiger partial charge in [-0.05, 0) is 30.2 Å². The summed E-state index contributed by atoms with van der Waals surface area (Å²) in [5.41, 5.74) is 1.84. The topological polar surface area (TPSA) is 68.3 Å². The van der Waals surface area contributed by atoms with E-state index in [4.69, 9.17) is 4.74 Å². The molecule has 1 aromatic carbocycles. The molecule has 0 unspecified atom stereocenters. The highest BCUT2D eigenvalue weighted by Gasteiger charge is 2.41. The van der Waals surface area contributed by atoms with Crippen LogP contribution < -0.4 is 15.4 Å². The Morgan fingerprint density at radius 1 is 1.23 bits per heavy atom. The molecule has 9 heteroatoms. The molecule has 6 nitrogen and oxygen atoms in total. The maximum atomic E-state index is 12.2. The molecule has 3 atom stereocenters. The van der Waals surface area contributed by atoms with Gasteiger partial charge in [-0.15, -0.1) is 0 Å². The molecule has 0 radical (unpaired) electrons. The van der Waals surface area contributed by atoms with Gasteiger partial charge in [0.05, 0.1) is 12.2 Å². The number of ether oxygens (including phenoxy) is 2. The average molecular weight is 366 g/mol. The van der Waals surface area contributed by atoms with Crippen LogP contribution in [-0.2, 0) is 4.74 Å². The zero-order chi connectivity index (χ0) is 18.1. The summed E-state index contributed by atoms with van der Waals surface area (Å²) in [6, 6.07) is 9.28. The van der Waals surface area contributed by atoms with E-state index in [1.165, 1.54) is 6.20 Å². The van der Waals surface area contributed by atoms with Crippen molar-refractivity contribution >= 4 is 11.5 Å². The molecule has 2 aromatic rings. The third kappa shape index (κ3) is 3.88. The van der Waals surface area contributed by atoms with Crippen molar-refractivity contribution in [1.82, 2.24) is 15.3 Å². The van der Waals surface area contributed by atoms with Gasteiger partial charge >= 0.3 is 12.2 Å². The number of nitrogens with one attached hydrogen (secondary N) is 2. The van der Waals surface area contributed by atoms with E-state index in [0.29, 0.717) is 18.0 Å². The normalized spacial score (nSPS) is 24.7. The fraction of sp³-hybridized carbons (Fsp3) is 0.412. The van der Waals surface area contributed by atoms with E-state index in [0.717, 1.165) is 24.2 Å². The van der Waals surface area contributed by atoms with Crippen LogP contribution in [0, 0.1) is 0 Å². The predicted octanol–water partition coefficient (Wildman–Crippen LogP) is 2.96. The fourth-order valence-electron chi connectivity index (χ4n) is 3.21. The number of halogens is 3. The van der Waals surface area contributed by atoms with Crippen LogP contribution in [0.25, 0.3) is 0 Å². The Bertz CT molecular complexity index is 769. The molecule has 0 saturated carbocycles. The van der Waals surface area contributed by atoms with E-state index in [2.05, 4.69) is 25.3 Å². The van der Waals surface area contributed by atoms with Crippen LogP contribution in [0.2, 0.25) is 0 Å². The SMILES string of the molecule is FC(F)(F)COc1nccc(Nc2ccc([C@H]3O[C@@H]4CN[C@H]3C4)cc2)n1. The monoisotopic (exact) mass is 366 g/mol. The van der Waals surface area contributed by atoms with Crippen molar-refractivity contribution in [2.24, 2.45) is 0 Å². The van der Waals surface area contributed by atoms with Gasteiger partial charge in [-0.2, -0.15) is 18.2 Å². The van der Waals surface area contributed by atoms with Gasteiger partial charge in [-0.25, -0.2) is 4.98 Å². The molecule has 2 saturated heterocycles. The van der Waals surface area contributed by atoms with Crippen LogP contribution >= 0.6 is 0 Å². The molecule has 26 heavy (non-hydrogen) atoms. The largest absolute Gasteiger partial charge is 0.454 e. The summed E-state index contributed by atoms with van der Waals surface area (Å²) in [7, 11) is 0. The van der Waals surface area contributed by atoms with Gasteiger partial charge < -0.3 is 20.1 Å². The molecular weight excluding hydrogens is 349 g/mol. The number of alkyl halides is 3. The number of hydrogen-bond acceptors (Lipinski definition) is 6. The number of benzene rings is 1. The third-order valence-corrected chi connectivity index (χ3v) is 4.34. The summed E-state index contributed by atoms with van der Waals surface area (Å²) in [6.45, 7) is -0.518. The highest BCUT2D eigenvalue weighted by atomic mass is 19.4. The van der Waals surface area contributed by atoms with E-state index in [1.54, 1.807) is 6.07 Å². The first-order chi connectivity index (χ1) is 12.5. The summed E-state index contributed by atoms with van der Waals surface area (Å²) < 4.78 is 47.1. The molecule has 2 bridgehead atoms. The Labute approximate surface area is 147 Å². The van der Waals surface area contributed by atoms with E-state index in [-0.39, 0.29) is 12.1 Å². The quantitative estimate of drug-likeness (QED) is 0.848. The minimum Gasteiger partial charge on any atom is -0.454 e. The van der Waals surface area contributed by atoms with E-state index >= 15 is 0 Å². The minimum absolute atomic E-state index is 0.0595. The molecule has 0 amide bonds. The first-order valence-corrected chi connectivity index (χ1v) is 8.25. The first kappa shape index (κ1) is 17.0. The van der Waals surface area contributed by atoms with Crippen molar-refractivity contribution in [2.45, 2.75) is 30.8 Å². The Morgan fingerprint density at radius 2 is 2.04 bits per heavy atom. The molecule has 2 aliphatic rings. The van der Waals surface area contributed by atoms with Crippen molar-refractivity contribution in [3.63, 3.8) is 0 Å². The summed E-state index contributed by atoms with van der Waals surface area (Å²) in [5.74, 6) is 0.350. The third-order valence-electron chi connectivity index (χ3n) is 4.34. The number of aromatic nitrogens is 2. The smallest absolute Gasteiger partial charge is 0.422 e. The molecule has 2 aliphatic heterocycles. The highest BCUT2D eigenvalue weighted by molar-refractivity contribution is 5.56. The zero-order valence-corrected chi connectivity index (χ0v) is 13.7. The van der Waals surface area contributed by atoms with E-state index in [9.17, 15) is 13.2 Å². The molecule has 0 aliphatic carbocycles. The van der Waals surface area contributed by atoms with Gasteiger partial charge in [-0.1, -0.05) is 12.1 Å². The Kier molecular flexibility index (Phi) is 4.41. The summed E-state index contributed by atoms with van der Waals surface area (Å²) in [4.78, 5) is 7.60. The van der Waals surface area contributed by atoms with Crippen LogP contribution in [0.3, 0.4) is 0 Å². The highest BCUT2D eigenvalue weighted by Crippen LogP contribution is 2.37. The molecule has 138 valence electrons. The second kappa shape index (κ2) is 6.73. The molecule has 2 fully saturated rings. The molecule has 3 heterocycles. The molecule has 2 N–H and O–H groups in total. The summed E-state index contributed by atoms with van der Waals surface area (Å²) in [5, 5.41) is 6.46. The Balaban J connectivity index is 1.40. The van der Waals surface area contributed by atoms with Crippen LogP contribution in [0.1, 0.15) is 18.1 Å².